The van der Waals surface area contributed by atoms with Crippen LogP contribution in [0.25, 0.3) is 0 Å². The van der Waals surface area contributed by atoms with E-state index in [1.165, 1.54) is 24.8 Å². The van der Waals surface area contributed by atoms with E-state index < -0.39 is 0 Å². The van der Waals surface area contributed by atoms with Gasteiger partial charge in [0.05, 0.1) is 6.61 Å². The first-order valence-corrected chi connectivity index (χ1v) is 6.73. The van der Waals surface area contributed by atoms with Crippen LogP contribution in [0.3, 0.4) is 0 Å². The van der Waals surface area contributed by atoms with Crippen LogP contribution >= 0.6 is 0 Å². The van der Waals surface area contributed by atoms with Crippen molar-refractivity contribution in [2.45, 2.75) is 44.1 Å². The minimum absolute atomic E-state index is 0.134. The molecule has 3 rings (SSSR count). The molecule has 0 saturated carbocycles. The topological polar surface area (TPSA) is 35.2 Å². The minimum Gasteiger partial charge on any atom is -0.380 e. The maximum absolute atomic E-state index is 6.41. The van der Waals surface area contributed by atoms with Gasteiger partial charge in [-0.1, -0.05) is 18.2 Å². The van der Waals surface area contributed by atoms with Crippen LogP contribution in [0.2, 0.25) is 0 Å². The summed E-state index contributed by atoms with van der Waals surface area (Å²) in [6.07, 6.45) is 6.96. The molecule has 0 radical (unpaired) electrons. The number of fused-ring (bicyclic) bond motifs is 1. The SMILES string of the molecule is NC1(Cc2ccc3c(c2)CCC3)CCCOC1. The van der Waals surface area contributed by atoms with Crippen LogP contribution in [0.15, 0.2) is 18.2 Å². The fourth-order valence-electron chi connectivity index (χ4n) is 3.15. The maximum atomic E-state index is 6.41. The van der Waals surface area contributed by atoms with Gasteiger partial charge < -0.3 is 10.5 Å². The van der Waals surface area contributed by atoms with E-state index in [9.17, 15) is 0 Å². The van der Waals surface area contributed by atoms with Crippen molar-refractivity contribution in [3.63, 3.8) is 0 Å². The molecule has 1 heterocycles. The highest BCUT2D eigenvalue weighted by Gasteiger charge is 2.28. The summed E-state index contributed by atoms with van der Waals surface area (Å²) in [7, 11) is 0. The zero-order chi connectivity index (χ0) is 11.7. The summed E-state index contributed by atoms with van der Waals surface area (Å²) in [5.74, 6) is 0. The second kappa shape index (κ2) is 4.43. The van der Waals surface area contributed by atoms with Gasteiger partial charge in [0.2, 0.25) is 0 Å². The van der Waals surface area contributed by atoms with Crippen LogP contribution in [0.1, 0.15) is 36.0 Å². The molecule has 92 valence electrons. The summed E-state index contributed by atoms with van der Waals surface area (Å²) in [5.41, 5.74) is 10.8. The lowest BCUT2D eigenvalue weighted by atomic mass is 9.86. The standard InChI is InChI=1S/C15H21NO/c16-15(7-2-8-17-11-15)10-12-5-6-13-3-1-4-14(13)9-12/h5-6,9H,1-4,7-8,10-11,16H2. The van der Waals surface area contributed by atoms with Crippen molar-refractivity contribution in [2.75, 3.05) is 13.2 Å². The van der Waals surface area contributed by atoms with Crippen molar-refractivity contribution in [3.05, 3.63) is 34.9 Å². The molecule has 1 aliphatic carbocycles. The number of hydrogen-bond acceptors (Lipinski definition) is 2. The van der Waals surface area contributed by atoms with Crippen molar-refractivity contribution in [1.29, 1.82) is 0 Å². The minimum atomic E-state index is -0.134. The second-order valence-electron chi connectivity index (χ2n) is 5.65. The number of nitrogens with two attached hydrogens (primary N) is 1. The summed E-state index contributed by atoms with van der Waals surface area (Å²) in [5, 5.41) is 0. The predicted molar refractivity (Wildman–Crippen MR) is 69.1 cm³/mol. The molecule has 1 fully saturated rings. The van der Waals surface area contributed by atoms with Gasteiger partial charge >= 0.3 is 0 Å². The van der Waals surface area contributed by atoms with Gasteiger partial charge in [0, 0.05) is 12.1 Å². The molecule has 1 saturated heterocycles. The van der Waals surface area contributed by atoms with E-state index in [0.717, 1.165) is 25.9 Å². The van der Waals surface area contributed by atoms with Crippen LogP contribution in [0.5, 0.6) is 0 Å². The molecule has 0 aromatic heterocycles. The summed E-state index contributed by atoms with van der Waals surface area (Å²) in [6, 6.07) is 6.92. The summed E-state index contributed by atoms with van der Waals surface area (Å²) in [4.78, 5) is 0. The molecule has 1 unspecified atom stereocenters. The Morgan fingerprint density at radius 2 is 2.06 bits per heavy atom. The molecule has 1 aliphatic heterocycles. The van der Waals surface area contributed by atoms with Crippen molar-refractivity contribution in [2.24, 2.45) is 5.73 Å². The molecule has 0 spiro atoms. The lowest BCUT2D eigenvalue weighted by Gasteiger charge is -2.33. The van der Waals surface area contributed by atoms with Gasteiger partial charge in [-0.2, -0.15) is 0 Å². The van der Waals surface area contributed by atoms with Gasteiger partial charge in [-0.25, -0.2) is 0 Å². The van der Waals surface area contributed by atoms with Gasteiger partial charge in [0.15, 0.2) is 0 Å². The van der Waals surface area contributed by atoms with E-state index >= 15 is 0 Å². The third-order valence-electron chi connectivity index (χ3n) is 4.07. The van der Waals surface area contributed by atoms with E-state index in [-0.39, 0.29) is 5.54 Å². The first-order chi connectivity index (χ1) is 8.25. The van der Waals surface area contributed by atoms with Crippen molar-refractivity contribution < 1.29 is 4.74 Å². The van der Waals surface area contributed by atoms with E-state index in [0.29, 0.717) is 6.61 Å². The van der Waals surface area contributed by atoms with E-state index in [4.69, 9.17) is 10.5 Å². The average Bonchev–Trinajstić information content (AvgIpc) is 2.76. The summed E-state index contributed by atoms with van der Waals surface area (Å²) in [6.45, 7) is 1.59. The van der Waals surface area contributed by atoms with E-state index in [1.54, 1.807) is 11.1 Å². The Balaban J connectivity index is 1.76. The zero-order valence-electron chi connectivity index (χ0n) is 10.4. The fraction of sp³-hybridized carbons (Fsp3) is 0.600. The normalized spacial score (nSPS) is 28.1. The smallest absolute Gasteiger partial charge is 0.0649 e. The Kier molecular flexibility index (Phi) is 2.93. The van der Waals surface area contributed by atoms with Crippen LogP contribution < -0.4 is 5.73 Å². The second-order valence-corrected chi connectivity index (χ2v) is 5.65. The van der Waals surface area contributed by atoms with E-state index in [2.05, 4.69) is 18.2 Å². The molecule has 1 aromatic rings. The molecular formula is C15H21NO. The van der Waals surface area contributed by atoms with Crippen LogP contribution in [-0.4, -0.2) is 18.8 Å². The number of rotatable bonds is 2. The Bertz CT molecular complexity index is 407. The van der Waals surface area contributed by atoms with Crippen LogP contribution in [0, 0.1) is 0 Å². The number of aryl methyl sites for hydroxylation is 2. The molecule has 2 aliphatic rings. The van der Waals surface area contributed by atoms with Crippen molar-refractivity contribution in [1.82, 2.24) is 0 Å². The van der Waals surface area contributed by atoms with Gasteiger partial charge in [0.25, 0.3) is 0 Å². The monoisotopic (exact) mass is 231 g/mol. The quantitative estimate of drug-likeness (QED) is 0.847. The Labute approximate surface area is 103 Å². The third kappa shape index (κ3) is 2.38. The predicted octanol–water partition coefficient (Wildman–Crippen LogP) is 2.23. The first kappa shape index (κ1) is 11.2. The highest BCUT2D eigenvalue weighted by molar-refractivity contribution is 5.36. The molecule has 17 heavy (non-hydrogen) atoms. The maximum Gasteiger partial charge on any atom is 0.0649 e. The molecule has 2 heteroatoms. The van der Waals surface area contributed by atoms with Crippen molar-refractivity contribution in [3.8, 4) is 0 Å². The fourth-order valence-corrected chi connectivity index (χ4v) is 3.15. The Morgan fingerprint density at radius 3 is 2.88 bits per heavy atom. The van der Waals surface area contributed by atoms with Crippen molar-refractivity contribution >= 4 is 0 Å². The van der Waals surface area contributed by atoms with Gasteiger partial charge in [-0.15, -0.1) is 0 Å². The average molecular weight is 231 g/mol. The molecule has 1 aromatic carbocycles. The molecule has 2 N–H and O–H groups in total. The molecule has 0 amide bonds. The van der Waals surface area contributed by atoms with Crippen LogP contribution in [-0.2, 0) is 24.0 Å². The molecular weight excluding hydrogens is 210 g/mol. The Morgan fingerprint density at radius 1 is 1.18 bits per heavy atom. The van der Waals surface area contributed by atoms with E-state index in [1.807, 2.05) is 0 Å². The summed E-state index contributed by atoms with van der Waals surface area (Å²) >= 11 is 0. The highest BCUT2D eigenvalue weighted by atomic mass is 16.5. The zero-order valence-corrected chi connectivity index (χ0v) is 10.4. The summed E-state index contributed by atoms with van der Waals surface area (Å²) < 4.78 is 5.52. The van der Waals surface area contributed by atoms with Gasteiger partial charge in [-0.05, 0) is 55.2 Å². The number of benzene rings is 1. The lowest BCUT2D eigenvalue weighted by Crippen LogP contribution is -2.49. The number of hydrogen-bond donors (Lipinski definition) is 1. The largest absolute Gasteiger partial charge is 0.380 e. The Hall–Kier alpha value is -0.860. The van der Waals surface area contributed by atoms with Gasteiger partial charge in [-0.3, -0.25) is 0 Å². The number of ether oxygens (including phenoxy) is 1. The van der Waals surface area contributed by atoms with Gasteiger partial charge in [0.1, 0.15) is 0 Å². The third-order valence-corrected chi connectivity index (χ3v) is 4.07. The van der Waals surface area contributed by atoms with Crippen LogP contribution in [0.4, 0.5) is 0 Å². The lowest BCUT2D eigenvalue weighted by molar-refractivity contribution is 0.0382. The first-order valence-electron chi connectivity index (χ1n) is 6.73. The molecule has 1 atom stereocenters. The molecule has 2 nitrogen and oxygen atoms in total. The molecule has 0 bridgehead atoms. The highest BCUT2D eigenvalue weighted by Crippen LogP contribution is 2.26.